The molecule has 1 aromatic heterocycles. The molecule has 27 heavy (non-hydrogen) atoms. The van der Waals surface area contributed by atoms with Crippen molar-refractivity contribution < 1.29 is 26.7 Å². The summed E-state index contributed by atoms with van der Waals surface area (Å²) < 4.78 is 65.9. The first-order chi connectivity index (χ1) is 12.7. The van der Waals surface area contributed by atoms with Gasteiger partial charge in [-0.1, -0.05) is 24.3 Å². The standard InChI is InChI=1S/C18H11F5N2OS/c1-9-24-16(18(21,22)23)15(27-9)17(26)25-14-5-3-2-4-11(14)10-6-7-12(19)13(20)8-10/h2-8H,1H3,(H,25,26). The van der Waals surface area contributed by atoms with E-state index in [0.717, 1.165) is 12.1 Å². The van der Waals surface area contributed by atoms with Crippen molar-refractivity contribution in [1.82, 2.24) is 4.98 Å². The predicted molar refractivity (Wildman–Crippen MR) is 91.6 cm³/mol. The Bertz CT molecular complexity index is 1010. The van der Waals surface area contributed by atoms with Crippen molar-refractivity contribution >= 4 is 22.9 Å². The van der Waals surface area contributed by atoms with Crippen LogP contribution in [0.2, 0.25) is 0 Å². The molecule has 0 atom stereocenters. The Morgan fingerprint density at radius 3 is 2.44 bits per heavy atom. The van der Waals surface area contributed by atoms with Crippen LogP contribution in [0.1, 0.15) is 20.4 Å². The monoisotopic (exact) mass is 398 g/mol. The molecule has 2 aromatic carbocycles. The van der Waals surface area contributed by atoms with Crippen molar-refractivity contribution in [2.45, 2.75) is 13.1 Å². The summed E-state index contributed by atoms with van der Waals surface area (Å²) >= 11 is 0.622. The van der Waals surface area contributed by atoms with E-state index in [1.165, 1.54) is 25.1 Å². The van der Waals surface area contributed by atoms with Crippen LogP contribution < -0.4 is 5.32 Å². The van der Waals surface area contributed by atoms with Crippen LogP contribution in [0.15, 0.2) is 42.5 Å². The number of alkyl halides is 3. The maximum atomic E-state index is 13.5. The molecular weight excluding hydrogens is 387 g/mol. The number of hydrogen-bond acceptors (Lipinski definition) is 3. The fourth-order valence-corrected chi connectivity index (χ4v) is 3.29. The van der Waals surface area contributed by atoms with Gasteiger partial charge >= 0.3 is 6.18 Å². The molecule has 0 aliphatic heterocycles. The van der Waals surface area contributed by atoms with Gasteiger partial charge in [-0.25, -0.2) is 13.8 Å². The minimum atomic E-state index is -4.77. The van der Waals surface area contributed by atoms with Crippen LogP contribution in [0.4, 0.5) is 27.6 Å². The molecule has 3 aromatic rings. The van der Waals surface area contributed by atoms with Crippen molar-refractivity contribution in [2.24, 2.45) is 0 Å². The molecule has 9 heteroatoms. The molecule has 0 aliphatic carbocycles. The molecule has 1 N–H and O–H groups in total. The number of anilines is 1. The van der Waals surface area contributed by atoms with Gasteiger partial charge in [-0.3, -0.25) is 4.79 Å². The van der Waals surface area contributed by atoms with Gasteiger partial charge in [0.25, 0.3) is 5.91 Å². The van der Waals surface area contributed by atoms with Crippen LogP contribution >= 0.6 is 11.3 Å². The largest absolute Gasteiger partial charge is 0.435 e. The lowest BCUT2D eigenvalue weighted by molar-refractivity contribution is -0.141. The zero-order chi connectivity index (χ0) is 19.8. The fraction of sp³-hybridized carbons (Fsp3) is 0.111. The molecule has 0 radical (unpaired) electrons. The minimum absolute atomic E-state index is 0.0985. The Hall–Kier alpha value is -2.81. The van der Waals surface area contributed by atoms with Gasteiger partial charge in [0.1, 0.15) is 4.88 Å². The van der Waals surface area contributed by atoms with Crippen LogP contribution in [-0.4, -0.2) is 10.9 Å². The van der Waals surface area contributed by atoms with Gasteiger partial charge < -0.3 is 5.32 Å². The Morgan fingerprint density at radius 1 is 1.07 bits per heavy atom. The molecule has 0 unspecified atom stereocenters. The number of para-hydroxylation sites is 1. The number of thiazole rings is 1. The number of aryl methyl sites for hydroxylation is 1. The number of benzene rings is 2. The maximum Gasteiger partial charge on any atom is 0.435 e. The number of hydrogen-bond donors (Lipinski definition) is 1. The minimum Gasteiger partial charge on any atom is -0.321 e. The Kier molecular flexibility index (Phi) is 4.97. The van der Waals surface area contributed by atoms with E-state index in [2.05, 4.69) is 10.3 Å². The third-order valence-corrected chi connectivity index (χ3v) is 4.58. The lowest BCUT2D eigenvalue weighted by atomic mass is 10.0. The lowest BCUT2D eigenvalue weighted by Gasteiger charge is -2.12. The quantitative estimate of drug-likeness (QED) is 0.578. The number of aromatic nitrogens is 1. The number of amides is 1. The van der Waals surface area contributed by atoms with E-state index < -0.39 is 34.3 Å². The van der Waals surface area contributed by atoms with Crippen molar-refractivity contribution in [2.75, 3.05) is 5.32 Å². The Labute approximate surface area is 154 Å². The van der Waals surface area contributed by atoms with E-state index >= 15 is 0 Å². The lowest BCUT2D eigenvalue weighted by Crippen LogP contribution is -2.17. The summed E-state index contributed by atoms with van der Waals surface area (Å²) in [6, 6.07) is 9.32. The second kappa shape index (κ2) is 7.07. The predicted octanol–water partition coefficient (Wildman–Crippen LogP) is 5.67. The van der Waals surface area contributed by atoms with E-state index in [0.29, 0.717) is 16.9 Å². The molecule has 0 bridgehead atoms. The highest BCUT2D eigenvalue weighted by atomic mass is 32.1. The summed E-state index contributed by atoms with van der Waals surface area (Å²) in [7, 11) is 0. The normalized spacial score (nSPS) is 11.5. The second-order valence-corrected chi connectivity index (χ2v) is 6.74. The van der Waals surface area contributed by atoms with Gasteiger partial charge in [-0.15, -0.1) is 11.3 Å². The van der Waals surface area contributed by atoms with Gasteiger partial charge in [-0.2, -0.15) is 13.2 Å². The first kappa shape index (κ1) is 19.0. The second-order valence-electron chi connectivity index (χ2n) is 5.54. The molecule has 0 saturated carbocycles. The molecule has 1 heterocycles. The zero-order valence-electron chi connectivity index (χ0n) is 13.7. The SMILES string of the molecule is Cc1nc(C(F)(F)F)c(C(=O)Nc2ccccc2-c2ccc(F)c(F)c2)s1. The number of nitrogens with zero attached hydrogens (tertiary/aromatic N) is 1. The van der Waals surface area contributed by atoms with Crippen molar-refractivity contribution in [3.63, 3.8) is 0 Å². The first-order valence-corrected chi connectivity index (χ1v) is 8.39. The van der Waals surface area contributed by atoms with Crippen LogP contribution in [0.3, 0.4) is 0 Å². The molecule has 3 rings (SSSR count). The smallest absolute Gasteiger partial charge is 0.321 e. The van der Waals surface area contributed by atoms with Crippen molar-refractivity contribution in [3.8, 4) is 11.1 Å². The first-order valence-electron chi connectivity index (χ1n) is 7.57. The Balaban J connectivity index is 1.98. The summed E-state index contributed by atoms with van der Waals surface area (Å²) in [6.07, 6.45) is -4.77. The number of nitrogens with one attached hydrogen (secondary N) is 1. The Morgan fingerprint density at radius 2 is 1.78 bits per heavy atom. The molecule has 0 aliphatic rings. The highest BCUT2D eigenvalue weighted by Crippen LogP contribution is 2.35. The van der Waals surface area contributed by atoms with Crippen molar-refractivity contribution in [3.05, 3.63) is 69.7 Å². The number of carbonyl (C=O) groups excluding carboxylic acids is 1. The van der Waals surface area contributed by atoms with E-state index in [9.17, 15) is 26.7 Å². The maximum absolute atomic E-state index is 13.5. The van der Waals surface area contributed by atoms with E-state index in [1.807, 2.05) is 0 Å². The van der Waals surface area contributed by atoms with Gasteiger partial charge in [0.15, 0.2) is 17.3 Å². The number of rotatable bonds is 3. The zero-order valence-corrected chi connectivity index (χ0v) is 14.5. The highest BCUT2D eigenvalue weighted by molar-refractivity contribution is 7.13. The van der Waals surface area contributed by atoms with E-state index in [1.54, 1.807) is 12.1 Å². The average molecular weight is 398 g/mol. The molecular formula is C18H11F5N2OS. The molecule has 0 fully saturated rings. The summed E-state index contributed by atoms with van der Waals surface area (Å²) in [5.41, 5.74) is -0.499. The molecule has 0 spiro atoms. The summed E-state index contributed by atoms with van der Waals surface area (Å²) in [4.78, 5) is 15.2. The van der Waals surface area contributed by atoms with Crippen molar-refractivity contribution in [1.29, 1.82) is 0 Å². The van der Waals surface area contributed by atoms with Crippen LogP contribution in [-0.2, 0) is 6.18 Å². The number of halogens is 5. The van der Waals surface area contributed by atoms with Gasteiger partial charge in [0.2, 0.25) is 0 Å². The van der Waals surface area contributed by atoms with Gasteiger partial charge in [0.05, 0.1) is 5.01 Å². The molecule has 1 amide bonds. The highest BCUT2D eigenvalue weighted by Gasteiger charge is 2.39. The van der Waals surface area contributed by atoms with Gasteiger partial charge in [-0.05, 0) is 30.7 Å². The molecule has 0 saturated heterocycles. The fourth-order valence-electron chi connectivity index (χ4n) is 2.46. The number of carbonyl (C=O) groups is 1. The summed E-state index contributed by atoms with van der Waals surface area (Å²) in [5.74, 6) is -3.09. The molecule has 3 nitrogen and oxygen atoms in total. The van der Waals surface area contributed by atoms with Crippen LogP contribution in [0.5, 0.6) is 0 Å². The third kappa shape index (κ3) is 3.97. The van der Waals surface area contributed by atoms with E-state index in [4.69, 9.17) is 0 Å². The average Bonchev–Trinajstić information content (AvgIpc) is 3.00. The van der Waals surface area contributed by atoms with Crippen LogP contribution in [0, 0.1) is 18.6 Å². The topological polar surface area (TPSA) is 42.0 Å². The van der Waals surface area contributed by atoms with Gasteiger partial charge in [0, 0.05) is 11.3 Å². The summed E-state index contributed by atoms with van der Waals surface area (Å²) in [5, 5.41) is 2.50. The van der Waals surface area contributed by atoms with E-state index in [-0.39, 0.29) is 16.3 Å². The third-order valence-electron chi connectivity index (χ3n) is 3.61. The summed E-state index contributed by atoms with van der Waals surface area (Å²) in [6.45, 7) is 1.37. The molecule has 140 valence electrons. The van der Waals surface area contributed by atoms with Crippen LogP contribution in [0.25, 0.3) is 11.1 Å².